The van der Waals surface area contributed by atoms with Crippen LogP contribution < -0.4 is 15.5 Å². The molecule has 1 aliphatic rings. The van der Waals surface area contributed by atoms with Gasteiger partial charge in [0.15, 0.2) is 6.61 Å². The van der Waals surface area contributed by atoms with Gasteiger partial charge in [-0.3, -0.25) is 19.7 Å². The van der Waals surface area contributed by atoms with Gasteiger partial charge in [0, 0.05) is 19.0 Å². The number of hydrogen-bond donors (Lipinski definition) is 2. The Morgan fingerprint density at radius 3 is 2.65 bits per heavy atom. The number of amides is 4. The minimum absolute atomic E-state index is 0.0337. The van der Waals surface area contributed by atoms with Crippen molar-refractivity contribution in [2.45, 2.75) is 26.3 Å². The Bertz CT molecular complexity index is 722. The van der Waals surface area contributed by atoms with Gasteiger partial charge in [0.1, 0.15) is 5.82 Å². The lowest BCUT2D eigenvalue weighted by atomic mass is 10.1. The molecular weight excluding hydrogens is 345 g/mol. The zero-order valence-corrected chi connectivity index (χ0v) is 14.5. The second-order valence-electron chi connectivity index (χ2n) is 6.14. The Morgan fingerprint density at radius 1 is 1.31 bits per heavy atom. The molecule has 4 amide bonds. The average molecular weight is 365 g/mol. The highest BCUT2D eigenvalue weighted by Crippen LogP contribution is 2.27. The molecule has 1 heterocycles. The molecule has 26 heavy (non-hydrogen) atoms. The van der Waals surface area contributed by atoms with Crippen LogP contribution in [0.1, 0.15) is 20.3 Å². The summed E-state index contributed by atoms with van der Waals surface area (Å²) in [6.45, 7) is 2.77. The van der Waals surface area contributed by atoms with Crippen LogP contribution in [-0.2, 0) is 19.1 Å². The van der Waals surface area contributed by atoms with Gasteiger partial charge in [0.25, 0.3) is 5.91 Å². The van der Waals surface area contributed by atoms with E-state index in [-0.39, 0.29) is 24.7 Å². The first kappa shape index (κ1) is 19.4. The van der Waals surface area contributed by atoms with Gasteiger partial charge in [-0.25, -0.2) is 9.18 Å². The maximum atomic E-state index is 13.8. The van der Waals surface area contributed by atoms with Crippen molar-refractivity contribution in [1.82, 2.24) is 10.6 Å². The Hall–Kier alpha value is -2.97. The van der Waals surface area contributed by atoms with Gasteiger partial charge in [-0.05, 0) is 26.0 Å². The summed E-state index contributed by atoms with van der Waals surface area (Å²) in [6.07, 6.45) is -0.136. The van der Waals surface area contributed by atoms with Crippen molar-refractivity contribution in [2.24, 2.45) is 5.92 Å². The summed E-state index contributed by atoms with van der Waals surface area (Å²) in [7, 11) is 0. The van der Waals surface area contributed by atoms with Crippen molar-refractivity contribution < 1.29 is 28.3 Å². The van der Waals surface area contributed by atoms with Crippen molar-refractivity contribution >= 4 is 29.5 Å². The molecule has 1 aromatic rings. The predicted molar refractivity (Wildman–Crippen MR) is 89.6 cm³/mol. The Labute approximate surface area is 149 Å². The van der Waals surface area contributed by atoms with Crippen molar-refractivity contribution in [1.29, 1.82) is 0 Å². The summed E-state index contributed by atoms with van der Waals surface area (Å²) in [5.74, 6) is -3.31. The number of imide groups is 1. The van der Waals surface area contributed by atoms with E-state index in [0.717, 1.165) is 0 Å². The predicted octanol–water partition coefficient (Wildman–Crippen LogP) is 0.956. The summed E-state index contributed by atoms with van der Waals surface area (Å²) in [5, 5.41) is 4.47. The number of nitrogens with zero attached hydrogens (tertiary/aromatic N) is 1. The number of rotatable bonds is 5. The number of hydrogen-bond acceptors (Lipinski definition) is 5. The number of nitrogens with one attached hydrogen (secondary N) is 2. The molecule has 0 radical (unpaired) electrons. The molecule has 2 N–H and O–H groups in total. The Morgan fingerprint density at radius 2 is 2.00 bits per heavy atom. The van der Waals surface area contributed by atoms with Gasteiger partial charge < -0.3 is 15.0 Å². The number of para-hydroxylation sites is 1. The number of carbonyl (C=O) groups is 4. The fourth-order valence-corrected chi connectivity index (χ4v) is 2.48. The number of anilines is 1. The highest BCUT2D eigenvalue weighted by molar-refractivity contribution is 6.00. The van der Waals surface area contributed by atoms with Gasteiger partial charge in [-0.15, -0.1) is 0 Å². The van der Waals surface area contributed by atoms with Crippen LogP contribution in [0.15, 0.2) is 24.3 Å². The van der Waals surface area contributed by atoms with E-state index in [1.807, 2.05) is 5.32 Å². The summed E-state index contributed by atoms with van der Waals surface area (Å²) in [4.78, 5) is 48.2. The number of ether oxygens (including phenoxy) is 1. The number of halogens is 1. The highest BCUT2D eigenvalue weighted by Gasteiger charge is 2.37. The molecule has 1 aromatic carbocycles. The van der Waals surface area contributed by atoms with Gasteiger partial charge in [-0.1, -0.05) is 12.1 Å². The van der Waals surface area contributed by atoms with E-state index in [1.54, 1.807) is 19.9 Å². The van der Waals surface area contributed by atoms with Crippen molar-refractivity contribution in [3.63, 3.8) is 0 Å². The first-order valence-corrected chi connectivity index (χ1v) is 8.09. The van der Waals surface area contributed by atoms with Crippen LogP contribution in [-0.4, -0.2) is 43.0 Å². The lowest BCUT2D eigenvalue weighted by molar-refractivity contribution is -0.152. The second kappa shape index (κ2) is 8.41. The summed E-state index contributed by atoms with van der Waals surface area (Å²) >= 11 is 0. The number of esters is 1. The van der Waals surface area contributed by atoms with Crippen LogP contribution in [0.2, 0.25) is 0 Å². The van der Waals surface area contributed by atoms with Crippen molar-refractivity contribution in [3.05, 3.63) is 30.1 Å². The monoisotopic (exact) mass is 365 g/mol. The zero-order chi connectivity index (χ0) is 19.3. The molecule has 0 aliphatic carbocycles. The van der Waals surface area contributed by atoms with E-state index in [0.29, 0.717) is 0 Å². The molecular formula is C17H20FN3O5. The topological polar surface area (TPSA) is 105 Å². The number of carbonyl (C=O) groups excluding carboxylic acids is 4. The van der Waals surface area contributed by atoms with Crippen LogP contribution in [0.4, 0.5) is 14.9 Å². The molecule has 0 aromatic heterocycles. The molecule has 9 heteroatoms. The Kier molecular flexibility index (Phi) is 6.26. The molecule has 0 bridgehead atoms. The molecule has 0 saturated carbocycles. The fourth-order valence-electron chi connectivity index (χ4n) is 2.48. The molecule has 2 rings (SSSR count). The van der Waals surface area contributed by atoms with Gasteiger partial charge in [-0.2, -0.15) is 0 Å². The van der Waals surface area contributed by atoms with E-state index < -0.39 is 42.2 Å². The van der Waals surface area contributed by atoms with Crippen LogP contribution >= 0.6 is 0 Å². The van der Waals surface area contributed by atoms with Gasteiger partial charge >= 0.3 is 12.0 Å². The average Bonchev–Trinajstić information content (AvgIpc) is 2.94. The third kappa shape index (κ3) is 5.01. The summed E-state index contributed by atoms with van der Waals surface area (Å²) < 4.78 is 18.7. The summed E-state index contributed by atoms with van der Waals surface area (Å²) in [5.41, 5.74) is 0.0934. The van der Waals surface area contributed by atoms with Crippen LogP contribution in [0.25, 0.3) is 0 Å². The quantitative estimate of drug-likeness (QED) is 0.756. The van der Waals surface area contributed by atoms with Crippen LogP contribution in [0, 0.1) is 11.7 Å². The maximum Gasteiger partial charge on any atom is 0.321 e. The van der Waals surface area contributed by atoms with E-state index in [1.165, 1.54) is 23.1 Å². The van der Waals surface area contributed by atoms with Gasteiger partial charge in [0.05, 0.1) is 11.6 Å². The van der Waals surface area contributed by atoms with Crippen molar-refractivity contribution in [2.75, 3.05) is 18.1 Å². The zero-order valence-electron chi connectivity index (χ0n) is 14.5. The molecule has 0 unspecified atom stereocenters. The van der Waals surface area contributed by atoms with Crippen LogP contribution in [0.3, 0.4) is 0 Å². The minimum atomic E-state index is -0.806. The lowest BCUT2D eigenvalue weighted by Crippen LogP contribution is -2.44. The van der Waals surface area contributed by atoms with E-state index in [2.05, 4.69) is 5.32 Å². The van der Waals surface area contributed by atoms with E-state index in [4.69, 9.17) is 4.74 Å². The fraction of sp³-hybridized carbons (Fsp3) is 0.412. The first-order valence-electron chi connectivity index (χ1n) is 8.09. The molecule has 1 fully saturated rings. The van der Waals surface area contributed by atoms with Gasteiger partial charge in [0.2, 0.25) is 5.91 Å². The van der Waals surface area contributed by atoms with E-state index in [9.17, 15) is 23.6 Å². The van der Waals surface area contributed by atoms with Crippen molar-refractivity contribution in [3.8, 4) is 0 Å². The minimum Gasteiger partial charge on any atom is -0.455 e. The first-order chi connectivity index (χ1) is 12.3. The molecule has 0 spiro atoms. The maximum absolute atomic E-state index is 13.8. The smallest absolute Gasteiger partial charge is 0.321 e. The number of benzene rings is 1. The normalized spacial score (nSPS) is 16.5. The Balaban J connectivity index is 1.85. The van der Waals surface area contributed by atoms with E-state index >= 15 is 0 Å². The summed E-state index contributed by atoms with van der Waals surface area (Å²) in [6, 6.07) is 4.91. The SMILES string of the molecule is CC(C)NC(=O)NC(=O)COC(=O)[C@H]1CC(=O)N(c2ccccc2F)C1. The lowest BCUT2D eigenvalue weighted by Gasteiger charge is -2.17. The molecule has 8 nitrogen and oxygen atoms in total. The molecule has 1 atom stereocenters. The largest absolute Gasteiger partial charge is 0.455 e. The molecule has 140 valence electrons. The number of urea groups is 1. The third-order valence-corrected chi connectivity index (χ3v) is 3.62. The molecule has 1 saturated heterocycles. The molecule has 1 aliphatic heterocycles. The second-order valence-corrected chi connectivity index (χ2v) is 6.14. The standard InChI is InChI=1S/C17H20FN3O5/c1-10(2)19-17(25)20-14(22)9-26-16(24)11-7-15(23)21(8-11)13-6-4-3-5-12(13)18/h3-6,10-11H,7-9H2,1-2H3,(H2,19,20,22,25)/t11-/m0/s1. The van der Waals surface area contributed by atoms with Crippen LogP contribution in [0.5, 0.6) is 0 Å². The highest BCUT2D eigenvalue weighted by atomic mass is 19.1. The third-order valence-electron chi connectivity index (χ3n) is 3.62.